The average molecular weight is 378 g/mol. The van der Waals surface area contributed by atoms with Crippen LogP contribution in [0.15, 0.2) is 36.4 Å². The zero-order valence-corrected chi connectivity index (χ0v) is 14.8. The molecule has 0 radical (unpaired) electrons. The van der Waals surface area contributed by atoms with Gasteiger partial charge < -0.3 is 10.6 Å². The Morgan fingerprint density at radius 3 is 2.54 bits per heavy atom. The van der Waals surface area contributed by atoms with E-state index in [-0.39, 0.29) is 35.0 Å². The van der Waals surface area contributed by atoms with Gasteiger partial charge in [-0.15, -0.1) is 10.2 Å². The first kappa shape index (κ1) is 18.2. The van der Waals surface area contributed by atoms with Crippen molar-refractivity contribution in [1.29, 1.82) is 0 Å². The van der Waals surface area contributed by atoms with Gasteiger partial charge in [-0.2, -0.15) is 0 Å². The summed E-state index contributed by atoms with van der Waals surface area (Å²) in [7, 11) is -2.97. The standard InChI is InChI=1S/C17H19FN4O3S/c18-13-3-1-12(2-4-13)7-9-19-17(23)15-5-6-16(22-21-15)20-14-8-10-26(24,25)11-14/h1-6,14H,7-11H2,(H,19,23)(H,20,22). The van der Waals surface area contributed by atoms with Gasteiger partial charge in [0.15, 0.2) is 15.5 Å². The Bertz CT molecular complexity index is 870. The van der Waals surface area contributed by atoms with E-state index in [4.69, 9.17) is 0 Å². The third kappa shape index (κ3) is 4.98. The molecule has 1 aliphatic rings. The summed E-state index contributed by atoms with van der Waals surface area (Å²) in [5, 5.41) is 13.5. The SMILES string of the molecule is O=C(NCCc1ccc(F)cc1)c1ccc(NC2CCS(=O)(=O)C2)nn1. The van der Waals surface area contributed by atoms with Gasteiger partial charge >= 0.3 is 0 Å². The summed E-state index contributed by atoms with van der Waals surface area (Å²) in [4.78, 5) is 12.1. The summed E-state index contributed by atoms with van der Waals surface area (Å²) in [5.74, 6) is 0.0500. The number of carbonyl (C=O) groups excluding carboxylic acids is 1. The number of hydrogen-bond donors (Lipinski definition) is 2. The van der Waals surface area contributed by atoms with Crippen LogP contribution in [-0.4, -0.2) is 48.6 Å². The van der Waals surface area contributed by atoms with Gasteiger partial charge in [0.25, 0.3) is 5.91 Å². The summed E-state index contributed by atoms with van der Waals surface area (Å²) >= 11 is 0. The van der Waals surface area contributed by atoms with Crippen molar-refractivity contribution in [2.24, 2.45) is 0 Å². The molecular weight excluding hydrogens is 359 g/mol. The molecule has 1 amide bonds. The number of sulfone groups is 1. The van der Waals surface area contributed by atoms with Crippen LogP contribution in [-0.2, 0) is 16.3 Å². The summed E-state index contributed by atoms with van der Waals surface area (Å²) < 4.78 is 35.7. The van der Waals surface area contributed by atoms with Crippen LogP contribution in [0.3, 0.4) is 0 Å². The summed E-state index contributed by atoms with van der Waals surface area (Å²) in [6.45, 7) is 0.395. The van der Waals surface area contributed by atoms with Crippen LogP contribution in [0.5, 0.6) is 0 Å². The molecule has 1 aromatic heterocycles. The molecule has 2 heterocycles. The van der Waals surface area contributed by atoms with Crippen molar-refractivity contribution in [2.75, 3.05) is 23.4 Å². The number of hydrogen-bond acceptors (Lipinski definition) is 6. The first-order chi connectivity index (χ1) is 12.4. The van der Waals surface area contributed by atoms with Crippen LogP contribution in [0.1, 0.15) is 22.5 Å². The Labute approximate surface area is 150 Å². The number of nitrogens with zero attached hydrogens (tertiary/aromatic N) is 2. The Morgan fingerprint density at radius 2 is 1.92 bits per heavy atom. The van der Waals surface area contributed by atoms with E-state index in [2.05, 4.69) is 20.8 Å². The number of halogens is 1. The van der Waals surface area contributed by atoms with E-state index in [1.807, 2.05) is 0 Å². The van der Waals surface area contributed by atoms with E-state index < -0.39 is 9.84 Å². The number of nitrogens with one attached hydrogen (secondary N) is 2. The molecular formula is C17H19FN4O3S. The zero-order chi connectivity index (χ0) is 18.6. The van der Waals surface area contributed by atoms with Crippen molar-refractivity contribution in [3.63, 3.8) is 0 Å². The highest BCUT2D eigenvalue weighted by molar-refractivity contribution is 7.91. The molecule has 1 aromatic carbocycles. The molecule has 1 unspecified atom stereocenters. The van der Waals surface area contributed by atoms with Crippen LogP contribution in [0.25, 0.3) is 0 Å². The van der Waals surface area contributed by atoms with Gasteiger partial charge in [0.05, 0.1) is 11.5 Å². The van der Waals surface area contributed by atoms with Crippen LogP contribution < -0.4 is 10.6 Å². The number of amides is 1. The van der Waals surface area contributed by atoms with Gasteiger partial charge in [-0.25, -0.2) is 12.8 Å². The first-order valence-corrected chi connectivity index (χ1v) is 10.1. The second-order valence-corrected chi connectivity index (χ2v) is 8.41. The lowest BCUT2D eigenvalue weighted by Gasteiger charge is -2.11. The second-order valence-electron chi connectivity index (χ2n) is 6.18. The lowest BCUT2D eigenvalue weighted by molar-refractivity contribution is 0.0948. The Hall–Kier alpha value is -2.55. The normalized spacial score (nSPS) is 18.4. The molecule has 0 aliphatic carbocycles. The van der Waals surface area contributed by atoms with E-state index in [0.29, 0.717) is 25.2 Å². The highest BCUT2D eigenvalue weighted by atomic mass is 32.2. The number of anilines is 1. The van der Waals surface area contributed by atoms with Crippen LogP contribution in [0.2, 0.25) is 0 Å². The summed E-state index contributed by atoms with van der Waals surface area (Å²) in [6, 6.07) is 9.06. The monoisotopic (exact) mass is 378 g/mol. The zero-order valence-electron chi connectivity index (χ0n) is 14.0. The molecule has 3 rings (SSSR count). The maximum absolute atomic E-state index is 12.8. The molecule has 26 heavy (non-hydrogen) atoms. The molecule has 1 fully saturated rings. The molecule has 138 valence electrons. The van der Waals surface area contributed by atoms with Crippen LogP contribution >= 0.6 is 0 Å². The van der Waals surface area contributed by atoms with Gasteiger partial charge in [-0.1, -0.05) is 12.1 Å². The van der Waals surface area contributed by atoms with Crippen molar-refractivity contribution < 1.29 is 17.6 Å². The molecule has 2 N–H and O–H groups in total. The maximum Gasteiger partial charge on any atom is 0.271 e. The lowest BCUT2D eigenvalue weighted by Crippen LogP contribution is -2.27. The molecule has 1 aliphatic heterocycles. The van der Waals surface area contributed by atoms with E-state index in [1.54, 1.807) is 18.2 Å². The van der Waals surface area contributed by atoms with E-state index in [0.717, 1.165) is 5.56 Å². The Kier molecular flexibility index (Phi) is 5.46. The highest BCUT2D eigenvalue weighted by Gasteiger charge is 2.28. The predicted octanol–water partition coefficient (Wildman–Crippen LogP) is 1.19. The average Bonchev–Trinajstić information content (AvgIpc) is 2.96. The fourth-order valence-corrected chi connectivity index (χ4v) is 4.38. The molecule has 2 aromatic rings. The van der Waals surface area contributed by atoms with Gasteiger partial charge in [-0.3, -0.25) is 4.79 Å². The molecule has 1 atom stereocenters. The molecule has 0 bridgehead atoms. The third-order valence-corrected chi connectivity index (χ3v) is 5.86. The molecule has 1 saturated heterocycles. The van der Waals surface area contributed by atoms with E-state index in [1.165, 1.54) is 18.2 Å². The Morgan fingerprint density at radius 1 is 1.15 bits per heavy atom. The van der Waals surface area contributed by atoms with Crippen molar-refractivity contribution in [3.05, 3.63) is 53.5 Å². The fraction of sp³-hybridized carbons (Fsp3) is 0.353. The minimum atomic E-state index is -2.97. The third-order valence-electron chi connectivity index (χ3n) is 4.09. The molecule has 0 spiro atoms. The number of rotatable bonds is 6. The lowest BCUT2D eigenvalue weighted by atomic mass is 10.1. The highest BCUT2D eigenvalue weighted by Crippen LogP contribution is 2.15. The maximum atomic E-state index is 12.8. The minimum Gasteiger partial charge on any atom is -0.365 e. The molecule has 0 saturated carbocycles. The number of carbonyl (C=O) groups is 1. The first-order valence-electron chi connectivity index (χ1n) is 8.25. The van der Waals surface area contributed by atoms with E-state index in [9.17, 15) is 17.6 Å². The van der Waals surface area contributed by atoms with Gasteiger partial charge in [0.1, 0.15) is 11.6 Å². The van der Waals surface area contributed by atoms with Gasteiger partial charge in [0.2, 0.25) is 0 Å². The fourth-order valence-electron chi connectivity index (χ4n) is 2.71. The molecule has 7 nitrogen and oxygen atoms in total. The predicted molar refractivity (Wildman–Crippen MR) is 95.2 cm³/mol. The molecule has 9 heteroatoms. The minimum absolute atomic E-state index is 0.0836. The second kappa shape index (κ2) is 7.77. The van der Waals surface area contributed by atoms with Gasteiger partial charge in [-0.05, 0) is 42.7 Å². The van der Waals surface area contributed by atoms with Crippen molar-refractivity contribution in [3.8, 4) is 0 Å². The quantitative estimate of drug-likeness (QED) is 0.783. The van der Waals surface area contributed by atoms with E-state index >= 15 is 0 Å². The number of aromatic nitrogens is 2. The summed E-state index contributed by atoms with van der Waals surface area (Å²) in [5.41, 5.74) is 1.09. The Balaban J connectivity index is 1.48. The van der Waals surface area contributed by atoms with Crippen molar-refractivity contribution >= 4 is 21.6 Å². The summed E-state index contributed by atoms with van der Waals surface area (Å²) in [6.07, 6.45) is 1.12. The largest absolute Gasteiger partial charge is 0.365 e. The van der Waals surface area contributed by atoms with Crippen molar-refractivity contribution in [1.82, 2.24) is 15.5 Å². The topological polar surface area (TPSA) is 101 Å². The van der Waals surface area contributed by atoms with Crippen LogP contribution in [0, 0.1) is 5.82 Å². The number of benzene rings is 1. The smallest absolute Gasteiger partial charge is 0.271 e. The van der Waals surface area contributed by atoms with Crippen molar-refractivity contribution in [2.45, 2.75) is 18.9 Å². The van der Waals surface area contributed by atoms with Gasteiger partial charge in [0, 0.05) is 12.6 Å². The van der Waals surface area contributed by atoms with Crippen LogP contribution in [0.4, 0.5) is 10.2 Å².